The molecule has 1 aliphatic rings. The molecule has 2 amide bonds. The molecule has 1 fully saturated rings. The molecule has 1 aromatic carbocycles. The number of nitrogens with zero attached hydrogens (tertiary/aromatic N) is 1. The van der Waals surface area contributed by atoms with Gasteiger partial charge in [-0.1, -0.05) is 12.1 Å². The molecule has 1 heterocycles. The average molecular weight is 347 g/mol. The van der Waals surface area contributed by atoms with Crippen molar-refractivity contribution in [2.75, 3.05) is 26.7 Å². The van der Waals surface area contributed by atoms with Gasteiger partial charge in [-0.25, -0.2) is 0 Å². The molecule has 0 aromatic heterocycles. The van der Waals surface area contributed by atoms with Gasteiger partial charge in [0.25, 0.3) is 5.91 Å². The maximum atomic E-state index is 12.6. The Morgan fingerprint density at radius 2 is 1.80 bits per heavy atom. The Hall–Kier alpha value is -1.92. The predicted octanol–water partition coefficient (Wildman–Crippen LogP) is 1.55. The van der Waals surface area contributed by atoms with Gasteiger partial charge in [-0.2, -0.15) is 0 Å². The summed E-state index contributed by atoms with van der Waals surface area (Å²) in [5.41, 5.74) is 1.66. The van der Waals surface area contributed by atoms with Gasteiger partial charge in [0.15, 0.2) is 0 Å². The molecule has 2 atom stereocenters. The lowest BCUT2D eigenvalue weighted by Crippen LogP contribution is -2.48. The van der Waals surface area contributed by atoms with Crippen molar-refractivity contribution in [1.29, 1.82) is 0 Å². The van der Waals surface area contributed by atoms with Crippen molar-refractivity contribution in [3.8, 4) is 0 Å². The zero-order valence-electron chi connectivity index (χ0n) is 15.4. The Morgan fingerprint density at radius 1 is 1.16 bits per heavy atom. The number of nitrogens with one attached hydrogen (secondary N) is 2. The Morgan fingerprint density at radius 3 is 2.40 bits per heavy atom. The van der Waals surface area contributed by atoms with Crippen molar-refractivity contribution in [2.24, 2.45) is 0 Å². The number of ether oxygens (including phenoxy) is 1. The van der Waals surface area contributed by atoms with Crippen LogP contribution in [0.5, 0.6) is 0 Å². The smallest absolute Gasteiger partial charge is 0.254 e. The first-order valence-corrected chi connectivity index (χ1v) is 8.94. The van der Waals surface area contributed by atoms with E-state index in [4.69, 9.17) is 4.74 Å². The summed E-state index contributed by atoms with van der Waals surface area (Å²) in [5, 5.41) is 5.93. The molecule has 2 unspecified atom stereocenters. The van der Waals surface area contributed by atoms with E-state index in [1.807, 2.05) is 50.1 Å². The normalized spacial score (nSPS) is 20.4. The summed E-state index contributed by atoms with van der Waals surface area (Å²) in [6.45, 7) is 6.53. The highest BCUT2D eigenvalue weighted by molar-refractivity contribution is 5.94. The first kappa shape index (κ1) is 19.4. The fourth-order valence-electron chi connectivity index (χ4n) is 3.01. The van der Waals surface area contributed by atoms with E-state index in [9.17, 15) is 9.59 Å². The summed E-state index contributed by atoms with van der Waals surface area (Å²) in [6, 6.07) is 7.45. The summed E-state index contributed by atoms with van der Waals surface area (Å²) in [7, 11) is 1.87. The average Bonchev–Trinajstić information content (AvgIpc) is 2.59. The molecule has 0 saturated carbocycles. The number of hydrogen-bond donors (Lipinski definition) is 2. The minimum absolute atomic E-state index is 0.0321. The van der Waals surface area contributed by atoms with E-state index in [1.165, 1.54) is 0 Å². The SMILES string of the molecule is CNCCCC(=O)NCc1ccc(C(=O)N2CC(C)OC(C)C2)cc1. The van der Waals surface area contributed by atoms with E-state index in [0.717, 1.165) is 18.5 Å². The maximum Gasteiger partial charge on any atom is 0.254 e. The maximum absolute atomic E-state index is 12.6. The van der Waals surface area contributed by atoms with E-state index in [0.29, 0.717) is 31.6 Å². The lowest BCUT2D eigenvalue weighted by atomic mass is 10.1. The Bertz CT molecular complexity index is 564. The highest BCUT2D eigenvalue weighted by Gasteiger charge is 2.26. The van der Waals surface area contributed by atoms with Gasteiger partial charge in [0, 0.05) is 31.6 Å². The van der Waals surface area contributed by atoms with Crippen molar-refractivity contribution in [2.45, 2.75) is 45.4 Å². The third-order valence-electron chi connectivity index (χ3n) is 4.23. The molecule has 1 aromatic rings. The fourth-order valence-corrected chi connectivity index (χ4v) is 3.01. The molecule has 0 radical (unpaired) electrons. The van der Waals surface area contributed by atoms with Crippen LogP contribution in [0.3, 0.4) is 0 Å². The number of carbonyl (C=O) groups is 2. The largest absolute Gasteiger partial charge is 0.372 e. The molecule has 2 rings (SSSR count). The number of morpholine rings is 1. The van der Waals surface area contributed by atoms with Crippen LogP contribution in [0.4, 0.5) is 0 Å². The standard InChI is InChI=1S/C19H29N3O3/c1-14-12-22(13-15(2)25-14)19(24)17-8-6-16(7-9-17)11-21-18(23)5-4-10-20-3/h6-9,14-15,20H,4-5,10-13H2,1-3H3,(H,21,23). The molecule has 0 spiro atoms. The van der Waals surface area contributed by atoms with Crippen molar-refractivity contribution >= 4 is 11.8 Å². The fraction of sp³-hybridized carbons (Fsp3) is 0.579. The molecular weight excluding hydrogens is 318 g/mol. The molecule has 0 bridgehead atoms. The second-order valence-corrected chi connectivity index (χ2v) is 6.65. The molecular formula is C19H29N3O3. The lowest BCUT2D eigenvalue weighted by Gasteiger charge is -2.35. The zero-order valence-corrected chi connectivity index (χ0v) is 15.4. The minimum Gasteiger partial charge on any atom is -0.372 e. The van der Waals surface area contributed by atoms with Crippen molar-refractivity contribution in [3.05, 3.63) is 35.4 Å². The number of hydrogen-bond acceptors (Lipinski definition) is 4. The molecule has 1 aliphatic heterocycles. The predicted molar refractivity (Wildman–Crippen MR) is 97.4 cm³/mol. The van der Waals surface area contributed by atoms with Gasteiger partial charge in [-0.05, 0) is 51.6 Å². The molecule has 1 saturated heterocycles. The zero-order chi connectivity index (χ0) is 18.2. The quantitative estimate of drug-likeness (QED) is 0.734. The summed E-state index contributed by atoms with van der Waals surface area (Å²) < 4.78 is 5.67. The van der Waals surface area contributed by atoms with Gasteiger partial charge >= 0.3 is 0 Å². The number of amides is 2. The van der Waals surface area contributed by atoms with Gasteiger partial charge in [0.2, 0.25) is 5.91 Å². The van der Waals surface area contributed by atoms with Crippen LogP contribution in [0.25, 0.3) is 0 Å². The third-order valence-corrected chi connectivity index (χ3v) is 4.23. The first-order chi connectivity index (χ1) is 12.0. The lowest BCUT2D eigenvalue weighted by molar-refractivity contribution is -0.121. The number of benzene rings is 1. The van der Waals surface area contributed by atoms with Gasteiger partial charge in [0.1, 0.15) is 0 Å². The van der Waals surface area contributed by atoms with Crippen LogP contribution in [-0.4, -0.2) is 55.6 Å². The Kier molecular flexibility index (Phi) is 7.40. The van der Waals surface area contributed by atoms with E-state index in [-0.39, 0.29) is 24.0 Å². The van der Waals surface area contributed by atoms with Crippen LogP contribution in [0.15, 0.2) is 24.3 Å². The Balaban J connectivity index is 1.84. The number of carbonyl (C=O) groups excluding carboxylic acids is 2. The van der Waals surface area contributed by atoms with Crippen molar-refractivity contribution in [3.63, 3.8) is 0 Å². The van der Waals surface area contributed by atoms with Crippen molar-refractivity contribution < 1.29 is 14.3 Å². The van der Waals surface area contributed by atoms with Crippen LogP contribution in [-0.2, 0) is 16.1 Å². The minimum atomic E-state index is 0.0321. The molecule has 6 heteroatoms. The molecule has 0 aliphatic carbocycles. The first-order valence-electron chi connectivity index (χ1n) is 8.94. The second-order valence-electron chi connectivity index (χ2n) is 6.65. The third kappa shape index (κ3) is 6.14. The topological polar surface area (TPSA) is 70.7 Å². The van der Waals surface area contributed by atoms with Crippen LogP contribution in [0, 0.1) is 0 Å². The second kappa shape index (κ2) is 9.53. The van der Waals surface area contributed by atoms with Crippen LogP contribution in [0.2, 0.25) is 0 Å². The van der Waals surface area contributed by atoms with Crippen LogP contribution in [0.1, 0.15) is 42.6 Å². The van der Waals surface area contributed by atoms with Gasteiger partial charge in [0.05, 0.1) is 12.2 Å². The van der Waals surface area contributed by atoms with E-state index >= 15 is 0 Å². The number of rotatable bonds is 7. The van der Waals surface area contributed by atoms with E-state index in [2.05, 4.69) is 10.6 Å². The molecule has 6 nitrogen and oxygen atoms in total. The molecule has 138 valence electrons. The Labute approximate surface area is 149 Å². The summed E-state index contributed by atoms with van der Waals surface area (Å²) in [4.78, 5) is 26.2. The van der Waals surface area contributed by atoms with E-state index < -0.39 is 0 Å². The molecule has 25 heavy (non-hydrogen) atoms. The highest BCUT2D eigenvalue weighted by Crippen LogP contribution is 2.15. The summed E-state index contributed by atoms with van der Waals surface area (Å²) >= 11 is 0. The summed E-state index contributed by atoms with van der Waals surface area (Å²) in [6.07, 6.45) is 1.46. The monoisotopic (exact) mass is 347 g/mol. The van der Waals surface area contributed by atoms with Crippen LogP contribution < -0.4 is 10.6 Å². The summed E-state index contributed by atoms with van der Waals surface area (Å²) in [5.74, 6) is 0.0800. The van der Waals surface area contributed by atoms with Gasteiger partial charge in [-0.15, -0.1) is 0 Å². The van der Waals surface area contributed by atoms with E-state index in [1.54, 1.807) is 0 Å². The van der Waals surface area contributed by atoms with Gasteiger partial charge in [-0.3, -0.25) is 9.59 Å². The highest BCUT2D eigenvalue weighted by atomic mass is 16.5. The van der Waals surface area contributed by atoms with Gasteiger partial charge < -0.3 is 20.3 Å². The van der Waals surface area contributed by atoms with Crippen molar-refractivity contribution in [1.82, 2.24) is 15.5 Å². The van der Waals surface area contributed by atoms with Crippen LogP contribution >= 0.6 is 0 Å². The molecule has 2 N–H and O–H groups in total.